The normalized spacial score (nSPS) is 20.5. The van der Waals surface area contributed by atoms with Gasteiger partial charge in [-0.05, 0) is 42.7 Å². The fourth-order valence-corrected chi connectivity index (χ4v) is 4.71. The zero-order valence-corrected chi connectivity index (χ0v) is 13.8. The molecule has 0 atom stereocenters. The van der Waals surface area contributed by atoms with Crippen LogP contribution in [0.2, 0.25) is 0 Å². The van der Waals surface area contributed by atoms with Crippen molar-refractivity contribution in [2.45, 2.75) is 52.0 Å². The number of carbonyl (C=O) groups is 1. The maximum absolute atomic E-state index is 12.7. The number of carbonyl (C=O) groups excluding carboxylic acids is 1. The molecule has 2 heterocycles. The number of ketones is 1. The lowest BCUT2D eigenvalue weighted by Gasteiger charge is -2.31. The predicted octanol–water partition coefficient (Wildman–Crippen LogP) is 4.26. The van der Waals surface area contributed by atoms with E-state index in [1.54, 1.807) is 11.3 Å². The number of anilines is 1. The molecule has 0 amide bonds. The fourth-order valence-electron chi connectivity index (χ4n) is 3.43. The van der Waals surface area contributed by atoms with Gasteiger partial charge in [0, 0.05) is 18.7 Å². The van der Waals surface area contributed by atoms with Crippen molar-refractivity contribution in [3.63, 3.8) is 0 Å². The van der Waals surface area contributed by atoms with Crippen LogP contribution >= 0.6 is 11.3 Å². The van der Waals surface area contributed by atoms with Crippen LogP contribution in [-0.4, -0.2) is 22.0 Å². The largest absolute Gasteiger partial charge is 0.374 e. The van der Waals surface area contributed by atoms with Crippen molar-refractivity contribution >= 4 is 22.1 Å². The molecule has 2 aliphatic carbocycles. The number of H-pyrrole nitrogens is 1. The summed E-state index contributed by atoms with van der Waals surface area (Å²) in [5.41, 5.74) is 3.12. The lowest BCUT2D eigenvalue weighted by atomic mass is 9.74. The first-order valence-electron chi connectivity index (χ1n) is 7.99. The molecule has 4 rings (SSSR count). The van der Waals surface area contributed by atoms with E-state index in [0.29, 0.717) is 12.5 Å². The quantitative estimate of drug-likeness (QED) is 0.890. The molecule has 116 valence electrons. The minimum absolute atomic E-state index is 0.0317. The Balaban J connectivity index is 1.82. The zero-order valence-electron chi connectivity index (χ0n) is 13.0. The van der Waals surface area contributed by atoms with Gasteiger partial charge in [-0.2, -0.15) is 5.10 Å². The van der Waals surface area contributed by atoms with Crippen molar-refractivity contribution < 1.29 is 4.79 Å². The summed E-state index contributed by atoms with van der Waals surface area (Å²) in [6, 6.07) is 2.53. The third kappa shape index (κ3) is 2.28. The molecule has 5 heteroatoms. The highest BCUT2D eigenvalue weighted by Gasteiger charge is 2.37. The molecule has 0 radical (unpaired) electrons. The summed E-state index contributed by atoms with van der Waals surface area (Å²) < 4.78 is 0. The van der Waals surface area contributed by atoms with Crippen LogP contribution in [-0.2, 0) is 6.42 Å². The van der Waals surface area contributed by atoms with E-state index in [0.717, 1.165) is 27.6 Å². The Labute approximate surface area is 134 Å². The molecule has 0 spiro atoms. The summed E-state index contributed by atoms with van der Waals surface area (Å²) in [6.45, 7) is 4.36. The smallest absolute Gasteiger partial charge is 0.166 e. The maximum Gasteiger partial charge on any atom is 0.166 e. The summed E-state index contributed by atoms with van der Waals surface area (Å²) in [7, 11) is 0. The molecule has 2 aliphatic rings. The standard InChI is InChI=1S/C17H21N3OS/c1-17(2)8-11-14(13(21)9-17)16(19-10-4-3-5-10)22-15(11)12-6-7-18-20-12/h6-7,10,19H,3-5,8-9H2,1-2H3,(H,18,20). The average Bonchev–Trinajstić information content (AvgIpc) is 2.99. The summed E-state index contributed by atoms with van der Waals surface area (Å²) in [4.78, 5) is 13.9. The van der Waals surface area contributed by atoms with Crippen molar-refractivity contribution in [3.05, 3.63) is 23.4 Å². The summed E-state index contributed by atoms with van der Waals surface area (Å²) >= 11 is 1.70. The van der Waals surface area contributed by atoms with Gasteiger partial charge < -0.3 is 5.32 Å². The third-order valence-corrected chi connectivity index (χ3v) is 5.94. The van der Waals surface area contributed by atoms with E-state index in [1.807, 2.05) is 12.3 Å². The van der Waals surface area contributed by atoms with Gasteiger partial charge >= 0.3 is 0 Å². The van der Waals surface area contributed by atoms with Crippen molar-refractivity contribution in [1.29, 1.82) is 0 Å². The Kier molecular flexibility index (Phi) is 3.15. The van der Waals surface area contributed by atoms with Gasteiger partial charge in [0.05, 0.1) is 10.4 Å². The summed E-state index contributed by atoms with van der Waals surface area (Å²) in [5.74, 6) is 0.283. The second kappa shape index (κ2) is 4.95. The van der Waals surface area contributed by atoms with Crippen LogP contribution < -0.4 is 5.32 Å². The SMILES string of the molecule is CC1(C)CC(=O)c2c(NC3CCC3)sc(-c3cc[nH]n3)c2C1. The molecule has 1 fully saturated rings. The van der Waals surface area contributed by atoms with E-state index in [1.165, 1.54) is 24.8 Å². The topological polar surface area (TPSA) is 57.8 Å². The van der Waals surface area contributed by atoms with Gasteiger partial charge in [-0.25, -0.2) is 0 Å². The Morgan fingerprint density at radius 3 is 2.82 bits per heavy atom. The molecular formula is C17H21N3OS. The Morgan fingerprint density at radius 2 is 2.18 bits per heavy atom. The van der Waals surface area contributed by atoms with Crippen LogP contribution in [0.5, 0.6) is 0 Å². The molecule has 0 unspecified atom stereocenters. The van der Waals surface area contributed by atoms with E-state index < -0.39 is 0 Å². The lowest BCUT2D eigenvalue weighted by molar-refractivity contribution is 0.0914. The summed E-state index contributed by atoms with van der Waals surface area (Å²) in [5, 5.41) is 11.9. The number of aromatic nitrogens is 2. The summed E-state index contributed by atoms with van der Waals surface area (Å²) in [6.07, 6.45) is 7.14. The minimum atomic E-state index is 0.0317. The highest BCUT2D eigenvalue weighted by Crippen LogP contribution is 2.48. The predicted molar refractivity (Wildman–Crippen MR) is 89.6 cm³/mol. The van der Waals surface area contributed by atoms with Gasteiger partial charge in [0.25, 0.3) is 0 Å². The van der Waals surface area contributed by atoms with Crippen molar-refractivity contribution in [3.8, 4) is 10.6 Å². The zero-order chi connectivity index (χ0) is 15.3. The second-order valence-electron chi connectivity index (χ2n) is 7.29. The number of Topliss-reactive ketones (excluding diaryl/α,β-unsaturated/α-hetero) is 1. The molecule has 0 saturated heterocycles. The average molecular weight is 315 g/mol. The van der Waals surface area contributed by atoms with E-state index in [4.69, 9.17) is 0 Å². The molecule has 2 aromatic rings. The van der Waals surface area contributed by atoms with Crippen molar-refractivity contribution in [2.75, 3.05) is 5.32 Å². The van der Waals surface area contributed by atoms with Crippen LogP contribution in [0, 0.1) is 5.41 Å². The Morgan fingerprint density at radius 1 is 1.36 bits per heavy atom. The van der Waals surface area contributed by atoms with Crippen LogP contribution in [0.1, 0.15) is 55.5 Å². The van der Waals surface area contributed by atoms with Crippen molar-refractivity contribution in [1.82, 2.24) is 10.2 Å². The van der Waals surface area contributed by atoms with Crippen LogP contribution in [0.25, 0.3) is 10.6 Å². The van der Waals surface area contributed by atoms with E-state index in [-0.39, 0.29) is 11.2 Å². The van der Waals surface area contributed by atoms with Crippen LogP contribution in [0.15, 0.2) is 12.3 Å². The molecule has 0 bridgehead atoms. The monoisotopic (exact) mass is 315 g/mol. The Hall–Kier alpha value is -1.62. The molecular weight excluding hydrogens is 294 g/mol. The number of aromatic amines is 1. The van der Waals surface area contributed by atoms with E-state index in [9.17, 15) is 4.79 Å². The number of hydrogen-bond donors (Lipinski definition) is 2. The first kappa shape index (κ1) is 14.0. The molecule has 22 heavy (non-hydrogen) atoms. The molecule has 2 aromatic heterocycles. The van der Waals surface area contributed by atoms with E-state index in [2.05, 4.69) is 29.4 Å². The number of thiophene rings is 1. The van der Waals surface area contributed by atoms with Gasteiger partial charge in [-0.3, -0.25) is 9.89 Å². The number of nitrogens with one attached hydrogen (secondary N) is 2. The highest BCUT2D eigenvalue weighted by molar-refractivity contribution is 7.20. The van der Waals surface area contributed by atoms with Crippen molar-refractivity contribution in [2.24, 2.45) is 5.41 Å². The minimum Gasteiger partial charge on any atom is -0.374 e. The van der Waals surface area contributed by atoms with Crippen LogP contribution in [0.4, 0.5) is 5.00 Å². The second-order valence-corrected chi connectivity index (χ2v) is 8.31. The van der Waals surface area contributed by atoms with Gasteiger partial charge in [0.15, 0.2) is 5.78 Å². The first-order valence-corrected chi connectivity index (χ1v) is 8.81. The lowest BCUT2D eigenvalue weighted by Crippen LogP contribution is -2.30. The Bertz CT molecular complexity index is 711. The number of rotatable bonds is 3. The number of hydrogen-bond acceptors (Lipinski definition) is 4. The molecule has 0 aromatic carbocycles. The van der Waals surface area contributed by atoms with Gasteiger partial charge in [0.1, 0.15) is 10.7 Å². The number of fused-ring (bicyclic) bond motifs is 1. The molecule has 2 N–H and O–H groups in total. The van der Waals surface area contributed by atoms with Gasteiger partial charge in [0.2, 0.25) is 0 Å². The highest BCUT2D eigenvalue weighted by atomic mass is 32.1. The van der Waals surface area contributed by atoms with Gasteiger partial charge in [-0.1, -0.05) is 13.8 Å². The maximum atomic E-state index is 12.7. The molecule has 4 nitrogen and oxygen atoms in total. The fraction of sp³-hybridized carbons (Fsp3) is 0.529. The van der Waals surface area contributed by atoms with E-state index >= 15 is 0 Å². The number of nitrogens with zero attached hydrogens (tertiary/aromatic N) is 1. The molecule has 1 saturated carbocycles. The van der Waals surface area contributed by atoms with Crippen LogP contribution in [0.3, 0.4) is 0 Å². The third-order valence-electron chi connectivity index (χ3n) is 4.75. The van der Waals surface area contributed by atoms with Gasteiger partial charge in [-0.15, -0.1) is 11.3 Å². The first-order chi connectivity index (χ1) is 10.5. The molecule has 0 aliphatic heterocycles.